The fourth-order valence-corrected chi connectivity index (χ4v) is 3.47. The maximum atomic E-state index is 12.5. The van der Waals surface area contributed by atoms with Crippen LogP contribution >= 0.6 is 0 Å². The molecule has 7 nitrogen and oxygen atoms in total. The number of likely N-dealkylation sites (tertiary alicyclic amines) is 1. The van der Waals surface area contributed by atoms with Gasteiger partial charge >= 0.3 is 5.97 Å². The van der Waals surface area contributed by atoms with Crippen LogP contribution in [-0.4, -0.2) is 75.2 Å². The molecule has 0 unspecified atom stereocenters. The van der Waals surface area contributed by atoms with Crippen LogP contribution in [0.15, 0.2) is 6.20 Å². The zero-order valence-corrected chi connectivity index (χ0v) is 15.3. The number of aromatic nitrogens is 1. The molecular weight excluding hydrogens is 322 g/mol. The van der Waals surface area contributed by atoms with Gasteiger partial charge in [-0.1, -0.05) is 13.8 Å². The van der Waals surface area contributed by atoms with E-state index >= 15 is 0 Å². The third-order valence-electron chi connectivity index (χ3n) is 5.16. The van der Waals surface area contributed by atoms with Crippen molar-refractivity contribution in [1.82, 2.24) is 14.8 Å². The molecule has 1 amide bonds. The molecule has 1 aliphatic heterocycles. The number of hydrogen-bond donors (Lipinski definition) is 3. The molecule has 1 aromatic rings. The van der Waals surface area contributed by atoms with E-state index in [0.717, 1.165) is 13.1 Å². The van der Waals surface area contributed by atoms with Crippen LogP contribution in [-0.2, 0) is 11.2 Å². The Balaban J connectivity index is 1.94. The molecule has 0 saturated carbocycles. The van der Waals surface area contributed by atoms with Gasteiger partial charge in [0, 0.05) is 31.5 Å². The van der Waals surface area contributed by atoms with Crippen molar-refractivity contribution in [1.29, 1.82) is 0 Å². The minimum atomic E-state index is -1.02. The highest BCUT2D eigenvalue weighted by Crippen LogP contribution is 2.24. The van der Waals surface area contributed by atoms with Crippen LogP contribution in [0.1, 0.15) is 48.3 Å². The summed E-state index contributed by atoms with van der Waals surface area (Å²) < 4.78 is 0. The van der Waals surface area contributed by atoms with Gasteiger partial charge in [-0.2, -0.15) is 0 Å². The smallest absolute Gasteiger partial charge is 0.337 e. The third-order valence-corrected chi connectivity index (χ3v) is 5.16. The molecule has 2 heterocycles. The van der Waals surface area contributed by atoms with E-state index in [0.29, 0.717) is 43.7 Å². The minimum absolute atomic E-state index is 0.0456. The molecule has 1 aliphatic rings. The topological polar surface area (TPSA) is 96.9 Å². The van der Waals surface area contributed by atoms with Gasteiger partial charge in [0.25, 0.3) is 0 Å². The molecule has 2 rings (SSSR count). The number of aliphatic hydroxyl groups is 1. The number of amides is 1. The van der Waals surface area contributed by atoms with Gasteiger partial charge in [0.15, 0.2) is 0 Å². The molecule has 0 atom stereocenters. The Morgan fingerprint density at radius 2 is 1.88 bits per heavy atom. The molecule has 1 saturated heterocycles. The predicted molar refractivity (Wildman–Crippen MR) is 94.7 cm³/mol. The molecule has 25 heavy (non-hydrogen) atoms. The first kappa shape index (κ1) is 19.5. The standard InChI is InChI=1S/C18H29N3O4/c1-4-20(5-2)12-18(25)6-8-21(9-7-18)15(22)10-14-16(17(23)24)13(3)11-19-14/h11,19,25H,4-10,12H2,1-3H3,(H,23,24). The van der Waals surface area contributed by atoms with Crippen molar-refractivity contribution in [2.24, 2.45) is 0 Å². The highest BCUT2D eigenvalue weighted by atomic mass is 16.4. The van der Waals surface area contributed by atoms with Crippen LogP contribution in [0.4, 0.5) is 0 Å². The minimum Gasteiger partial charge on any atom is -0.478 e. The lowest BCUT2D eigenvalue weighted by Crippen LogP contribution is -2.52. The van der Waals surface area contributed by atoms with Crippen LogP contribution in [0.2, 0.25) is 0 Å². The van der Waals surface area contributed by atoms with E-state index < -0.39 is 11.6 Å². The van der Waals surface area contributed by atoms with Crippen molar-refractivity contribution < 1.29 is 19.8 Å². The molecule has 0 bridgehead atoms. The van der Waals surface area contributed by atoms with Crippen molar-refractivity contribution in [2.75, 3.05) is 32.7 Å². The van der Waals surface area contributed by atoms with E-state index in [4.69, 9.17) is 0 Å². The second-order valence-corrected chi connectivity index (χ2v) is 6.87. The number of likely N-dealkylation sites (N-methyl/N-ethyl adjacent to an activating group) is 1. The van der Waals surface area contributed by atoms with Crippen molar-refractivity contribution in [3.05, 3.63) is 23.0 Å². The Kier molecular flexibility index (Phi) is 6.24. The summed E-state index contributed by atoms with van der Waals surface area (Å²) in [7, 11) is 0. The lowest BCUT2D eigenvalue weighted by molar-refractivity contribution is -0.135. The number of carboxylic acids is 1. The van der Waals surface area contributed by atoms with Crippen molar-refractivity contribution in [3.63, 3.8) is 0 Å². The molecular formula is C18H29N3O4. The maximum absolute atomic E-state index is 12.5. The number of carbonyl (C=O) groups is 2. The number of carboxylic acid groups (broad SMARTS) is 1. The first-order valence-corrected chi connectivity index (χ1v) is 8.92. The summed E-state index contributed by atoms with van der Waals surface area (Å²) >= 11 is 0. The normalized spacial score (nSPS) is 17.1. The summed E-state index contributed by atoms with van der Waals surface area (Å²) in [5, 5.41) is 20.0. The number of carbonyl (C=O) groups excluding carboxylic acids is 1. The highest BCUT2D eigenvalue weighted by molar-refractivity contribution is 5.92. The lowest BCUT2D eigenvalue weighted by Gasteiger charge is -2.40. The average molecular weight is 351 g/mol. The van der Waals surface area contributed by atoms with E-state index in [1.165, 1.54) is 0 Å². The number of rotatable bonds is 7. The second-order valence-electron chi connectivity index (χ2n) is 6.87. The van der Waals surface area contributed by atoms with Gasteiger partial charge < -0.3 is 25.0 Å². The van der Waals surface area contributed by atoms with Crippen LogP contribution < -0.4 is 0 Å². The first-order chi connectivity index (χ1) is 11.8. The fraction of sp³-hybridized carbons (Fsp3) is 0.667. The zero-order chi connectivity index (χ0) is 18.6. The zero-order valence-electron chi connectivity index (χ0n) is 15.3. The lowest BCUT2D eigenvalue weighted by atomic mass is 9.90. The summed E-state index contributed by atoms with van der Waals surface area (Å²) in [6.45, 7) is 9.27. The van der Waals surface area contributed by atoms with Gasteiger partial charge in [-0.25, -0.2) is 4.79 Å². The second kappa shape index (κ2) is 8.01. The summed E-state index contributed by atoms with van der Waals surface area (Å²) in [6.07, 6.45) is 2.75. The number of aromatic amines is 1. The molecule has 0 radical (unpaired) electrons. The van der Waals surface area contributed by atoms with Crippen molar-refractivity contribution >= 4 is 11.9 Å². The number of H-pyrrole nitrogens is 1. The van der Waals surface area contributed by atoms with Gasteiger partial charge in [0.05, 0.1) is 17.6 Å². The number of nitrogens with zero attached hydrogens (tertiary/aromatic N) is 2. The van der Waals surface area contributed by atoms with Gasteiger partial charge in [-0.3, -0.25) is 4.79 Å². The summed E-state index contributed by atoms with van der Waals surface area (Å²) in [5.41, 5.74) is 0.503. The van der Waals surface area contributed by atoms with E-state index in [9.17, 15) is 19.8 Å². The Morgan fingerprint density at radius 1 is 1.28 bits per heavy atom. The Morgan fingerprint density at radius 3 is 2.40 bits per heavy atom. The molecule has 7 heteroatoms. The largest absolute Gasteiger partial charge is 0.478 e. The average Bonchev–Trinajstić information content (AvgIpc) is 2.93. The fourth-order valence-electron chi connectivity index (χ4n) is 3.47. The predicted octanol–water partition coefficient (Wildman–Crippen LogP) is 1.26. The van der Waals surface area contributed by atoms with Crippen LogP contribution in [0, 0.1) is 6.92 Å². The number of piperidine rings is 1. The highest BCUT2D eigenvalue weighted by Gasteiger charge is 2.35. The monoisotopic (exact) mass is 351 g/mol. The molecule has 1 fully saturated rings. The van der Waals surface area contributed by atoms with Gasteiger partial charge in [-0.05, 0) is 38.4 Å². The quantitative estimate of drug-likeness (QED) is 0.687. The molecule has 140 valence electrons. The summed E-state index contributed by atoms with van der Waals surface area (Å²) in [4.78, 5) is 30.7. The van der Waals surface area contributed by atoms with Crippen molar-refractivity contribution in [2.45, 2.75) is 45.6 Å². The molecule has 1 aromatic heterocycles. The SMILES string of the molecule is CCN(CC)CC1(O)CCN(C(=O)Cc2[nH]cc(C)c2C(=O)O)CC1. The van der Waals surface area contributed by atoms with E-state index in [-0.39, 0.29) is 17.9 Å². The van der Waals surface area contributed by atoms with Crippen molar-refractivity contribution in [3.8, 4) is 0 Å². The molecule has 0 aromatic carbocycles. The Hall–Kier alpha value is -1.86. The third kappa shape index (κ3) is 4.61. The molecule has 0 spiro atoms. The summed E-state index contributed by atoms with van der Waals surface area (Å²) in [5.74, 6) is -1.12. The van der Waals surface area contributed by atoms with Crippen LogP contribution in [0.5, 0.6) is 0 Å². The van der Waals surface area contributed by atoms with E-state index in [1.807, 2.05) is 0 Å². The number of hydrogen-bond acceptors (Lipinski definition) is 4. The van der Waals surface area contributed by atoms with E-state index in [2.05, 4.69) is 23.7 Å². The summed E-state index contributed by atoms with van der Waals surface area (Å²) in [6, 6.07) is 0. The number of aryl methyl sites for hydroxylation is 1. The number of aromatic carboxylic acids is 1. The molecule has 0 aliphatic carbocycles. The van der Waals surface area contributed by atoms with E-state index in [1.54, 1.807) is 18.0 Å². The van der Waals surface area contributed by atoms with Gasteiger partial charge in [0.1, 0.15) is 0 Å². The van der Waals surface area contributed by atoms with Gasteiger partial charge in [0.2, 0.25) is 5.91 Å². The first-order valence-electron chi connectivity index (χ1n) is 8.92. The van der Waals surface area contributed by atoms with Gasteiger partial charge in [-0.15, -0.1) is 0 Å². The Bertz CT molecular complexity index is 614. The van der Waals surface area contributed by atoms with Crippen LogP contribution in [0.25, 0.3) is 0 Å². The number of nitrogens with one attached hydrogen (secondary N) is 1. The van der Waals surface area contributed by atoms with Crippen LogP contribution in [0.3, 0.4) is 0 Å². The molecule has 3 N–H and O–H groups in total. The maximum Gasteiger partial charge on any atom is 0.337 e. The Labute approximate surface area is 148 Å².